The summed E-state index contributed by atoms with van der Waals surface area (Å²) in [7, 11) is 0. The minimum atomic E-state index is -1.67. The average Bonchev–Trinajstić information content (AvgIpc) is 2.18. The third-order valence-electron chi connectivity index (χ3n) is 1.71. The van der Waals surface area contributed by atoms with E-state index in [-0.39, 0.29) is 0 Å². The lowest BCUT2D eigenvalue weighted by molar-refractivity contribution is -0.161. The number of carbonyl (C=O) groups is 2. The van der Waals surface area contributed by atoms with E-state index in [1.807, 2.05) is 0 Å². The average molecular weight is 193 g/mol. The molecule has 0 saturated carbocycles. The van der Waals surface area contributed by atoms with Crippen molar-refractivity contribution in [1.82, 2.24) is 0 Å². The van der Waals surface area contributed by atoms with Crippen molar-refractivity contribution in [3.8, 4) is 0 Å². The van der Waals surface area contributed by atoms with Gasteiger partial charge < -0.3 is 4.74 Å². The summed E-state index contributed by atoms with van der Waals surface area (Å²) in [6.07, 6.45) is 0.406. The Balaban J connectivity index is 3.01. The summed E-state index contributed by atoms with van der Waals surface area (Å²) in [5, 5.41) is 0. The van der Waals surface area contributed by atoms with Crippen LogP contribution in [0.1, 0.15) is 12.5 Å². The fourth-order valence-corrected chi connectivity index (χ4v) is 1.09. The summed E-state index contributed by atoms with van der Waals surface area (Å²) in [4.78, 5) is 21.5. The number of esters is 1. The van der Waals surface area contributed by atoms with Crippen molar-refractivity contribution in [3.05, 3.63) is 35.9 Å². The first-order valence-electron chi connectivity index (χ1n) is 4.09. The summed E-state index contributed by atoms with van der Waals surface area (Å²) in [6, 6.07) is 8.45. The molecule has 0 radical (unpaired) electrons. The van der Waals surface area contributed by atoms with Gasteiger partial charge in [0.2, 0.25) is 5.72 Å². The van der Waals surface area contributed by atoms with Gasteiger partial charge in [-0.3, -0.25) is 15.3 Å². The van der Waals surface area contributed by atoms with Crippen molar-refractivity contribution in [1.29, 1.82) is 0 Å². The van der Waals surface area contributed by atoms with Crippen LogP contribution in [0.3, 0.4) is 0 Å². The predicted molar refractivity (Wildman–Crippen MR) is 50.1 cm³/mol. The second-order valence-corrected chi connectivity index (χ2v) is 2.87. The maximum atomic E-state index is 10.8. The van der Waals surface area contributed by atoms with E-state index in [9.17, 15) is 9.59 Å². The van der Waals surface area contributed by atoms with Crippen LogP contribution >= 0.6 is 0 Å². The van der Waals surface area contributed by atoms with Gasteiger partial charge in [-0.05, 0) is 0 Å². The largest absolute Gasteiger partial charge is 0.433 e. The van der Waals surface area contributed by atoms with Crippen molar-refractivity contribution in [3.63, 3.8) is 0 Å². The molecular weight excluding hydrogens is 182 g/mol. The van der Waals surface area contributed by atoms with Gasteiger partial charge in [0.25, 0.3) is 0 Å². The molecular formula is C10H11NO3. The molecule has 0 spiro atoms. The standard InChI is InChI=1S/C10H11NO3/c1-8(13)14-10(11,7-12)9-5-3-2-4-6-9/h2-7H,11H2,1H3. The van der Waals surface area contributed by atoms with E-state index >= 15 is 0 Å². The third kappa shape index (κ3) is 2.17. The van der Waals surface area contributed by atoms with E-state index < -0.39 is 11.7 Å². The fourth-order valence-electron chi connectivity index (χ4n) is 1.09. The Bertz CT molecular complexity index is 336. The number of benzene rings is 1. The lowest BCUT2D eigenvalue weighted by atomic mass is 10.1. The van der Waals surface area contributed by atoms with E-state index in [1.54, 1.807) is 30.3 Å². The molecule has 0 bridgehead atoms. The minimum Gasteiger partial charge on any atom is -0.433 e. The number of rotatable bonds is 3. The first-order chi connectivity index (χ1) is 6.58. The molecule has 0 aliphatic heterocycles. The molecule has 1 rings (SSSR count). The molecule has 0 heterocycles. The van der Waals surface area contributed by atoms with Crippen LogP contribution in [-0.4, -0.2) is 12.3 Å². The second-order valence-electron chi connectivity index (χ2n) is 2.87. The van der Waals surface area contributed by atoms with Gasteiger partial charge in [0, 0.05) is 12.5 Å². The Kier molecular flexibility index (Phi) is 2.99. The zero-order chi connectivity index (χ0) is 10.6. The Morgan fingerprint density at radius 2 is 2.00 bits per heavy atom. The molecule has 0 aliphatic rings. The van der Waals surface area contributed by atoms with E-state index in [1.165, 1.54) is 6.92 Å². The highest BCUT2D eigenvalue weighted by molar-refractivity contribution is 5.73. The number of ether oxygens (including phenoxy) is 1. The number of nitrogens with two attached hydrogens (primary N) is 1. The molecule has 1 aromatic carbocycles. The summed E-state index contributed by atoms with van der Waals surface area (Å²) in [5.41, 5.74) is 4.38. The molecule has 1 aromatic rings. The SMILES string of the molecule is CC(=O)OC(N)(C=O)c1ccccc1. The Hall–Kier alpha value is -1.68. The molecule has 0 fully saturated rings. The first-order valence-corrected chi connectivity index (χ1v) is 4.09. The Morgan fingerprint density at radius 1 is 1.43 bits per heavy atom. The van der Waals surface area contributed by atoms with Gasteiger partial charge in [-0.1, -0.05) is 30.3 Å². The van der Waals surface area contributed by atoms with E-state index in [4.69, 9.17) is 10.5 Å². The van der Waals surface area contributed by atoms with Crippen LogP contribution in [0.5, 0.6) is 0 Å². The minimum absolute atomic E-state index is 0.406. The lowest BCUT2D eigenvalue weighted by Crippen LogP contribution is -2.42. The van der Waals surface area contributed by atoms with E-state index in [2.05, 4.69) is 0 Å². The zero-order valence-corrected chi connectivity index (χ0v) is 7.77. The number of aldehydes is 1. The van der Waals surface area contributed by atoms with Crippen molar-refractivity contribution >= 4 is 12.3 Å². The molecule has 74 valence electrons. The van der Waals surface area contributed by atoms with Gasteiger partial charge in [0.05, 0.1) is 0 Å². The molecule has 1 unspecified atom stereocenters. The predicted octanol–water partition coefficient (Wildman–Crippen LogP) is 0.560. The molecule has 1 atom stereocenters. The Morgan fingerprint density at radius 3 is 2.43 bits per heavy atom. The van der Waals surface area contributed by atoms with Crippen LogP contribution in [0.25, 0.3) is 0 Å². The fraction of sp³-hybridized carbons (Fsp3) is 0.200. The van der Waals surface area contributed by atoms with Crippen molar-refractivity contribution in [2.45, 2.75) is 12.6 Å². The summed E-state index contributed by atoms with van der Waals surface area (Å²) >= 11 is 0. The van der Waals surface area contributed by atoms with Gasteiger partial charge >= 0.3 is 5.97 Å². The molecule has 0 aromatic heterocycles. The van der Waals surface area contributed by atoms with Gasteiger partial charge in [-0.2, -0.15) is 0 Å². The monoisotopic (exact) mass is 193 g/mol. The van der Waals surface area contributed by atoms with Gasteiger partial charge in [-0.25, -0.2) is 0 Å². The normalized spacial score (nSPS) is 14.1. The maximum absolute atomic E-state index is 10.8. The quantitative estimate of drug-likeness (QED) is 0.432. The summed E-state index contributed by atoms with van der Waals surface area (Å²) in [5.74, 6) is -0.594. The highest BCUT2D eigenvalue weighted by Crippen LogP contribution is 2.17. The number of hydrogen-bond donors (Lipinski definition) is 1. The molecule has 4 nitrogen and oxygen atoms in total. The molecule has 2 N–H and O–H groups in total. The first kappa shape index (κ1) is 10.4. The van der Waals surface area contributed by atoms with E-state index in [0.29, 0.717) is 11.8 Å². The van der Waals surface area contributed by atoms with Gasteiger partial charge in [0.1, 0.15) is 0 Å². The van der Waals surface area contributed by atoms with Crippen molar-refractivity contribution in [2.24, 2.45) is 5.73 Å². The Labute approximate surface area is 81.7 Å². The van der Waals surface area contributed by atoms with E-state index in [0.717, 1.165) is 0 Å². The van der Waals surface area contributed by atoms with Crippen molar-refractivity contribution < 1.29 is 14.3 Å². The highest BCUT2D eigenvalue weighted by atomic mass is 16.6. The zero-order valence-electron chi connectivity index (χ0n) is 7.77. The van der Waals surface area contributed by atoms with Crippen LogP contribution in [0, 0.1) is 0 Å². The van der Waals surface area contributed by atoms with Crippen LogP contribution in [0.4, 0.5) is 0 Å². The third-order valence-corrected chi connectivity index (χ3v) is 1.71. The van der Waals surface area contributed by atoms with Crippen LogP contribution in [0.15, 0.2) is 30.3 Å². The lowest BCUT2D eigenvalue weighted by Gasteiger charge is -2.22. The van der Waals surface area contributed by atoms with Gasteiger partial charge in [-0.15, -0.1) is 0 Å². The molecule has 0 aliphatic carbocycles. The van der Waals surface area contributed by atoms with Crippen molar-refractivity contribution in [2.75, 3.05) is 0 Å². The number of carbonyl (C=O) groups excluding carboxylic acids is 2. The molecule has 4 heteroatoms. The molecule has 0 amide bonds. The summed E-state index contributed by atoms with van der Waals surface area (Å²) < 4.78 is 4.74. The maximum Gasteiger partial charge on any atom is 0.305 e. The molecule has 14 heavy (non-hydrogen) atoms. The number of hydrogen-bond acceptors (Lipinski definition) is 4. The van der Waals surface area contributed by atoms with Crippen LogP contribution in [0.2, 0.25) is 0 Å². The highest BCUT2D eigenvalue weighted by Gasteiger charge is 2.29. The molecule has 0 saturated heterocycles. The summed E-state index contributed by atoms with van der Waals surface area (Å²) in [6.45, 7) is 1.20. The van der Waals surface area contributed by atoms with Crippen LogP contribution < -0.4 is 5.73 Å². The second kappa shape index (κ2) is 4.02. The van der Waals surface area contributed by atoms with Crippen LogP contribution in [-0.2, 0) is 20.1 Å². The topological polar surface area (TPSA) is 69.4 Å². The smallest absolute Gasteiger partial charge is 0.305 e. The van der Waals surface area contributed by atoms with Gasteiger partial charge in [0.15, 0.2) is 6.29 Å².